The molecule has 0 fully saturated rings. The van der Waals surface area contributed by atoms with Crippen LogP contribution in [-0.4, -0.2) is 23.9 Å². The third-order valence-corrected chi connectivity index (χ3v) is 2.76. The van der Waals surface area contributed by atoms with Gasteiger partial charge in [0.25, 0.3) is 0 Å². The lowest BCUT2D eigenvalue weighted by Crippen LogP contribution is -2.29. The standard InChI is InChI=1S/C12H21N3O2/c1-4-6-15(5-2)8-10-7-11(12(16)14-13)17-9(10)3/h7H,4-6,8,13H2,1-3H3,(H,14,16). The Balaban J connectivity index is 2.77. The van der Waals surface area contributed by atoms with Crippen molar-refractivity contribution in [2.75, 3.05) is 13.1 Å². The van der Waals surface area contributed by atoms with Gasteiger partial charge in [0.2, 0.25) is 0 Å². The van der Waals surface area contributed by atoms with Crippen LogP contribution in [0.2, 0.25) is 0 Å². The number of carbonyl (C=O) groups is 1. The van der Waals surface area contributed by atoms with Gasteiger partial charge in [0.05, 0.1) is 0 Å². The van der Waals surface area contributed by atoms with Crippen molar-refractivity contribution in [3.63, 3.8) is 0 Å². The Labute approximate surface area is 102 Å². The maximum atomic E-state index is 11.3. The molecule has 0 radical (unpaired) electrons. The summed E-state index contributed by atoms with van der Waals surface area (Å²) in [6.07, 6.45) is 1.11. The lowest BCUT2D eigenvalue weighted by molar-refractivity contribution is 0.0924. The quantitative estimate of drug-likeness (QED) is 0.447. The van der Waals surface area contributed by atoms with Gasteiger partial charge in [0, 0.05) is 12.1 Å². The summed E-state index contributed by atoms with van der Waals surface area (Å²) >= 11 is 0. The van der Waals surface area contributed by atoms with E-state index in [-0.39, 0.29) is 5.76 Å². The van der Waals surface area contributed by atoms with Crippen molar-refractivity contribution >= 4 is 5.91 Å². The van der Waals surface area contributed by atoms with E-state index in [4.69, 9.17) is 10.3 Å². The van der Waals surface area contributed by atoms with Crippen LogP contribution in [0.3, 0.4) is 0 Å². The Morgan fingerprint density at radius 1 is 1.53 bits per heavy atom. The maximum Gasteiger partial charge on any atom is 0.300 e. The molecule has 5 heteroatoms. The molecule has 1 heterocycles. The van der Waals surface area contributed by atoms with E-state index in [1.165, 1.54) is 0 Å². The fourth-order valence-electron chi connectivity index (χ4n) is 1.77. The number of hydrazine groups is 1. The SMILES string of the molecule is CCCN(CC)Cc1cc(C(=O)NN)oc1C. The van der Waals surface area contributed by atoms with E-state index >= 15 is 0 Å². The molecule has 1 aromatic heterocycles. The molecule has 17 heavy (non-hydrogen) atoms. The number of furan rings is 1. The second-order valence-corrected chi connectivity index (χ2v) is 4.03. The topological polar surface area (TPSA) is 71.5 Å². The van der Waals surface area contributed by atoms with E-state index in [9.17, 15) is 4.79 Å². The second kappa shape index (κ2) is 6.42. The lowest BCUT2D eigenvalue weighted by atomic mass is 10.2. The maximum absolute atomic E-state index is 11.3. The van der Waals surface area contributed by atoms with Crippen molar-refractivity contribution in [1.29, 1.82) is 0 Å². The zero-order valence-corrected chi connectivity index (χ0v) is 10.7. The summed E-state index contributed by atoms with van der Waals surface area (Å²) in [4.78, 5) is 13.6. The molecule has 1 rings (SSSR count). The number of nitrogens with two attached hydrogens (primary N) is 1. The summed E-state index contributed by atoms with van der Waals surface area (Å²) < 4.78 is 5.37. The van der Waals surface area contributed by atoms with Crippen LogP contribution in [-0.2, 0) is 6.54 Å². The minimum Gasteiger partial charge on any atom is -0.456 e. The average molecular weight is 239 g/mol. The number of aryl methyl sites for hydroxylation is 1. The summed E-state index contributed by atoms with van der Waals surface area (Å²) in [6, 6.07) is 1.76. The van der Waals surface area contributed by atoms with Crippen molar-refractivity contribution in [3.05, 3.63) is 23.2 Å². The Morgan fingerprint density at radius 2 is 2.24 bits per heavy atom. The van der Waals surface area contributed by atoms with Crippen molar-refractivity contribution in [2.24, 2.45) is 5.84 Å². The van der Waals surface area contributed by atoms with Gasteiger partial charge in [0.1, 0.15) is 5.76 Å². The molecule has 0 spiro atoms. The molecule has 1 aromatic rings. The predicted molar refractivity (Wildman–Crippen MR) is 66.3 cm³/mol. The van der Waals surface area contributed by atoms with Crippen LogP contribution in [0.25, 0.3) is 0 Å². The van der Waals surface area contributed by atoms with Gasteiger partial charge in [-0.05, 0) is 32.5 Å². The first-order chi connectivity index (χ1) is 8.12. The van der Waals surface area contributed by atoms with Gasteiger partial charge in [-0.3, -0.25) is 15.1 Å². The van der Waals surface area contributed by atoms with Crippen LogP contribution in [0.4, 0.5) is 0 Å². The van der Waals surface area contributed by atoms with E-state index in [1.807, 2.05) is 6.92 Å². The first kappa shape index (κ1) is 13.7. The Hall–Kier alpha value is -1.33. The zero-order chi connectivity index (χ0) is 12.8. The number of nitrogens with one attached hydrogen (secondary N) is 1. The molecule has 0 aliphatic rings. The summed E-state index contributed by atoms with van der Waals surface area (Å²) in [5.74, 6) is 5.72. The molecule has 0 aromatic carbocycles. The number of amides is 1. The van der Waals surface area contributed by atoms with Gasteiger partial charge in [-0.1, -0.05) is 13.8 Å². The van der Waals surface area contributed by atoms with Crippen LogP contribution in [0.1, 0.15) is 42.1 Å². The van der Waals surface area contributed by atoms with Crippen LogP contribution < -0.4 is 11.3 Å². The Bertz CT molecular complexity index is 374. The normalized spacial score (nSPS) is 10.9. The highest BCUT2D eigenvalue weighted by atomic mass is 16.4. The molecule has 0 saturated carbocycles. The summed E-state index contributed by atoms with van der Waals surface area (Å²) in [5, 5.41) is 0. The minimum absolute atomic E-state index is 0.271. The number of hydrogen-bond donors (Lipinski definition) is 2. The van der Waals surface area contributed by atoms with Gasteiger partial charge >= 0.3 is 5.91 Å². The third-order valence-electron chi connectivity index (χ3n) is 2.76. The molecule has 5 nitrogen and oxygen atoms in total. The van der Waals surface area contributed by atoms with Crippen molar-refractivity contribution in [3.8, 4) is 0 Å². The zero-order valence-electron chi connectivity index (χ0n) is 10.7. The Morgan fingerprint density at radius 3 is 2.76 bits per heavy atom. The molecule has 0 unspecified atom stereocenters. The molecule has 96 valence electrons. The number of rotatable bonds is 6. The van der Waals surface area contributed by atoms with Crippen molar-refractivity contribution in [1.82, 2.24) is 10.3 Å². The average Bonchev–Trinajstić information content (AvgIpc) is 2.69. The molecule has 0 bridgehead atoms. The van der Waals surface area contributed by atoms with Gasteiger partial charge in [-0.15, -0.1) is 0 Å². The fourth-order valence-corrected chi connectivity index (χ4v) is 1.77. The number of nitrogen functional groups attached to an aromatic ring is 1. The van der Waals surface area contributed by atoms with Crippen molar-refractivity contribution < 1.29 is 9.21 Å². The molecule has 0 atom stereocenters. The van der Waals surface area contributed by atoms with E-state index in [1.54, 1.807) is 6.07 Å². The minimum atomic E-state index is -0.391. The smallest absolute Gasteiger partial charge is 0.300 e. The summed E-state index contributed by atoms with van der Waals surface area (Å²) in [6.45, 7) is 8.97. The molecular formula is C12H21N3O2. The molecule has 1 amide bonds. The highest BCUT2D eigenvalue weighted by molar-refractivity contribution is 5.91. The molecule has 0 aliphatic heterocycles. The lowest BCUT2D eigenvalue weighted by Gasteiger charge is -2.18. The molecule has 3 N–H and O–H groups in total. The number of nitrogens with zero attached hydrogens (tertiary/aromatic N) is 1. The molecule has 0 saturated heterocycles. The van der Waals surface area contributed by atoms with Gasteiger partial charge < -0.3 is 4.42 Å². The monoisotopic (exact) mass is 239 g/mol. The van der Waals surface area contributed by atoms with Crippen LogP contribution in [0.5, 0.6) is 0 Å². The van der Waals surface area contributed by atoms with E-state index in [0.29, 0.717) is 0 Å². The van der Waals surface area contributed by atoms with Gasteiger partial charge in [-0.2, -0.15) is 0 Å². The van der Waals surface area contributed by atoms with E-state index in [0.717, 1.165) is 37.4 Å². The second-order valence-electron chi connectivity index (χ2n) is 4.03. The first-order valence-electron chi connectivity index (χ1n) is 5.94. The first-order valence-corrected chi connectivity index (χ1v) is 5.94. The van der Waals surface area contributed by atoms with E-state index in [2.05, 4.69) is 24.2 Å². The molecule has 0 aliphatic carbocycles. The van der Waals surface area contributed by atoms with Gasteiger partial charge in [-0.25, -0.2) is 5.84 Å². The van der Waals surface area contributed by atoms with Gasteiger partial charge in [0.15, 0.2) is 5.76 Å². The number of carbonyl (C=O) groups excluding carboxylic acids is 1. The highest BCUT2D eigenvalue weighted by Gasteiger charge is 2.14. The largest absolute Gasteiger partial charge is 0.456 e. The molecular weight excluding hydrogens is 218 g/mol. The van der Waals surface area contributed by atoms with Crippen LogP contribution in [0.15, 0.2) is 10.5 Å². The third kappa shape index (κ3) is 3.57. The van der Waals surface area contributed by atoms with Crippen molar-refractivity contribution in [2.45, 2.75) is 33.7 Å². The van der Waals surface area contributed by atoms with E-state index < -0.39 is 5.91 Å². The van der Waals surface area contributed by atoms with Crippen LogP contribution >= 0.6 is 0 Å². The predicted octanol–water partition coefficient (Wildman–Crippen LogP) is 1.42. The fraction of sp³-hybridized carbons (Fsp3) is 0.583. The van der Waals surface area contributed by atoms with Crippen LogP contribution in [0, 0.1) is 6.92 Å². The highest BCUT2D eigenvalue weighted by Crippen LogP contribution is 2.16. The summed E-state index contributed by atoms with van der Waals surface area (Å²) in [7, 11) is 0. The summed E-state index contributed by atoms with van der Waals surface area (Å²) in [5.41, 5.74) is 3.11. The Kier molecular flexibility index (Phi) is 5.18. The number of hydrogen-bond acceptors (Lipinski definition) is 4.